The van der Waals surface area contributed by atoms with Gasteiger partial charge in [0.1, 0.15) is 5.41 Å². The number of hydrogen-bond donors (Lipinski definition) is 0. The van der Waals surface area contributed by atoms with Gasteiger partial charge in [0.15, 0.2) is 0 Å². The van der Waals surface area contributed by atoms with Gasteiger partial charge in [-0.05, 0) is 17.5 Å². The van der Waals surface area contributed by atoms with Gasteiger partial charge in [-0.2, -0.15) is 5.26 Å². The van der Waals surface area contributed by atoms with E-state index < -0.39 is 5.41 Å². The fourth-order valence-corrected chi connectivity index (χ4v) is 2.85. The highest BCUT2D eigenvalue weighted by Crippen LogP contribution is 2.44. The van der Waals surface area contributed by atoms with Crippen LogP contribution in [0.2, 0.25) is 0 Å². The molecule has 0 bridgehead atoms. The molecule has 0 saturated heterocycles. The minimum absolute atomic E-state index is 0.355. The third kappa shape index (κ3) is 2.50. The Morgan fingerprint density at radius 1 is 1.05 bits per heavy atom. The van der Waals surface area contributed by atoms with Crippen molar-refractivity contribution < 1.29 is 0 Å². The van der Waals surface area contributed by atoms with Crippen LogP contribution in [0.1, 0.15) is 29.8 Å². The molecule has 0 saturated carbocycles. The van der Waals surface area contributed by atoms with Crippen LogP contribution in [0.15, 0.2) is 60.7 Å². The number of alkyl halides is 1. The molecule has 96 valence electrons. The smallest absolute Gasteiger partial charge is 0.102 e. The monoisotopic (exact) mass is 269 g/mol. The summed E-state index contributed by atoms with van der Waals surface area (Å²) in [5.74, 6) is 0. The zero-order valence-electron chi connectivity index (χ0n) is 10.9. The van der Waals surface area contributed by atoms with Crippen LogP contribution in [-0.2, 0) is 5.41 Å². The normalized spacial score (nSPS) is 15.2. The molecular weight excluding hydrogens is 254 g/mol. The van der Waals surface area contributed by atoms with Crippen LogP contribution in [0.5, 0.6) is 0 Å². The molecule has 2 atom stereocenters. The zero-order valence-corrected chi connectivity index (χ0v) is 11.6. The van der Waals surface area contributed by atoms with E-state index in [1.54, 1.807) is 0 Å². The van der Waals surface area contributed by atoms with Crippen molar-refractivity contribution in [1.82, 2.24) is 0 Å². The molecule has 0 fully saturated rings. The second-order valence-corrected chi connectivity index (χ2v) is 5.01. The average molecular weight is 270 g/mol. The van der Waals surface area contributed by atoms with E-state index in [0.29, 0.717) is 6.42 Å². The van der Waals surface area contributed by atoms with Crippen molar-refractivity contribution in [2.75, 3.05) is 0 Å². The molecule has 1 nitrogen and oxygen atoms in total. The first-order chi connectivity index (χ1) is 9.24. The number of nitrogens with zero attached hydrogens (tertiary/aromatic N) is 1. The van der Waals surface area contributed by atoms with Crippen LogP contribution in [-0.4, -0.2) is 0 Å². The van der Waals surface area contributed by atoms with Crippen LogP contribution >= 0.6 is 11.6 Å². The van der Waals surface area contributed by atoms with Gasteiger partial charge < -0.3 is 0 Å². The predicted octanol–water partition coefficient (Wildman–Crippen LogP) is 4.84. The van der Waals surface area contributed by atoms with Gasteiger partial charge in [-0.1, -0.05) is 67.6 Å². The van der Waals surface area contributed by atoms with Crippen molar-refractivity contribution in [3.63, 3.8) is 0 Å². The summed E-state index contributed by atoms with van der Waals surface area (Å²) in [6, 6.07) is 22.1. The lowest BCUT2D eigenvalue weighted by atomic mass is 9.74. The predicted molar refractivity (Wildman–Crippen MR) is 79.1 cm³/mol. The molecule has 0 heterocycles. The molecule has 2 heteroatoms. The molecule has 19 heavy (non-hydrogen) atoms. The zero-order chi connectivity index (χ0) is 13.7. The standard InChI is InChI=1S/C17H16ClN/c1-2-17(13-19,15-11-7-4-8-12-15)16(18)14-9-5-3-6-10-14/h3-12,16H,2H2,1H3. The summed E-state index contributed by atoms with van der Waals surface area (Å²) in [4.78, 5) is 0. The molecule has 0 aliphatic carbocycles. The highest BCUT2D eigenvalue weighted by molar-refractivity contribution is 6.22. The quantitative estimate of drug-likeness (QED) is 0.729. The van der Waals surface area contributed by atoms with E-state index in [4.69, 9.17) is 11.6 Å². The summed E-state index contributed by atoms with van der Waals surface area (Å²) < 4.78 is 0. The first kappa shape index (κ1) is 13.6. The van der Waals surface area contributed by atoms with E-state index in [0.717, 1.165) is 11.1 Å². The van der Waals surface area contributed by atoms with E-state index in [-0.39, 0.29) is 5.38 Å². The Balaban J connectivity index is 2.50. The van der Waals surface area contributed by atoms with Gasteiger partial charge in [-0.25, -0.2) is 0 Å². The fourth-order valence-electron chi connectivity index (χ4n) is 2.37. The Morgan fingerprint density at radius 2 is 1.58 bits per heavy atom. The lowest BCUT2D eigenvalue weighted by molar-refractivity contribution is 0.509. The average Bonchev–Trinajstić information content (AvgIpc) is 2.51. The largest absolute Gasteiger partial charge is 0.197 e. The highest BCUT2D eigenvalue weighted by atomic mass is 35.5. The Morgan fingerprint density at radius 3 is 2.05 bits per heavy atom. The van der Waals surface area contributed by atoms with Gasteiger partial charge in [0.05, 0.1) is 11.4 Å². The van der Waals surface area contributed by atoms with Crippen molar-refractivity contribution in [2.24, 2.45) is 0 Å². The Kier molecular flexibility index (Phi) is 4.24. The van der Waals surface area contributed by atoms with Crippen LogP contribution in [0, 0.1) is 11.3 Å². The molecule has 2 unspecified atom stereocenters. The van der Waals surface area contributed by atoms with E-state index in [2.05, 4.69) is 6.07 Å². The summed E-state index contributed by atoms with van der Waals surface area (Å²) in [6.45, 7) is 2.01. The molecule has 2 rings (SSSR count). The van der Waals surface area contributed by atoms with Crippen LogP contribution in [0.4, 0.5) is 0 Å². The Hall–Kier alpha value is -1.78. The van der Waals surface area contributed by atoms with Gasteiger partial charge in [0, 0.05) is 0 Å². The minimum Gasteiger partial charge on any atom is -0.197 e. The Labute approximate surface area is 119 Å². The molecule has 0 aliphatic rings. The van der Waals surface area contributed by atoms with E-state index in [1.165, 1.54) is 0 Å². The van der Waals surface area contributed by atoms with Crippen molar-refractivity contribution in [3.05, 3.63) is 71.8 Å². The molecule has 0 spiro atoms. The van der Waals surface area contributed by atoms with Gasteiger partial charge in [0.2, 0.25) is 0 Å². The maximum absolute atomic E-state index is 9.73. The molecule has 2 aromatic carbocycles. The summed E-state index contributed by atoms with van der Waals surface area (Å²) >= 11 is 6.64. The SMILES string of the molecule is CCC(C#N)(c1ccccc1)C(Cl)c1ccccc1. The van der Waals surface area contributed by atoms with E-state index >= 15 is 0 Å². The maximum Gasteiger partial charge on any atom is 0.102 e. The maximum atomic E-state index is 9.73. The van der Waals surface area contributed by atoms with Gasteiger partial charge in [-0.15, -0.1) is 11.6 Å². The summed E-state index contributed by atoms with van der Waals surface area (Å²) in [5, 5.41) is 9.37. The van der Waals surface area contributed by atoms with Gasteiger partial charge in [0.25, 0.3) is 0 Å². The van der Waals surface area contributed by atoms with Crippen molar-refractivity contribution in [1.29, 1.82) is 5.26 Å². The van der Waals surface area contributed by atoms with Crippen LogP contribution in [0.3, 0.4) is 0 Å². The first-order valence-electron chi connectivity index (χ1n) is 6.40. The molecule has 0 N–H and O–H groups in total. The van der Waals surface area contributed by atoms with E-state index in [9.17, 15) is 5.26 Å². The van der Waals surface area contributed by atoms with Gasteiger partial charge >= 0.3 is 0 Å². The molecule has 2 aromatic rings. The number of nitriles is 1. The molecule has 0 aromatic heterocycles. The fraction of sp³-hybridized carbons (Fsp3) is 0.235. The van der Waals surface area contributed by atoms with Crippen LogP contribution < -0.4 is 0 Å². The lowest BCUT2D eigenvalue weighted by Crippen LogP contribution is -2.28. The topological polar surface area (TPSA) is 23.8 Å². The molecule has 0 radical (unpaired) electrons. The third-order valence-electron chi connectivity index (χ3n) is 3.57. The second kappa shape index (κ2) is 5.91. The number of halogens is 1. The third-order valence-corrected chi connectivity index (χ3v) is 4.20. The molecule has 0 aliphatic heterocycles. The van der Waals surface area contributed by atoms with E-state index in [1.807, 2.05) is 67.6 Å². The van der Waals surface area contributed by atoms with Crippen molar-refractivity contribution >= 4 is 11.6 Å². The Bertz CT molecular complexity index is 559. The van der Waals surface area contributed by atoms with Gasteiger partial charge in [-0.3, -0.25) is 0 Å². The summed E-state index contributed by atoms with van der Waals surface area (Å²) in [5.41, 5.74) is 1.27. The van der Waals surface area contributed by atoms with Crippen molar-refractivity contribution in [3.8, 4) is 6.07 Å². The molecular formula is C17H16ClN. The first-order valence-corrected chi connectivity index (χ1v) is 6.84. The number of benzene rings is 2. The molecule has 0 amide bonds. The number of hydrogen-bond acceptors (Lipinski definition) is 1. The van der Waals surface area contributed by atoms with Crippen molar-refractivity contribution in [2.45, 2.75) is 24.1 Å². The van der Waals surface area contributed by atoms with Crippen LogP contribution in [0.25, 0.3) is 0 Å². The lowest BCUT2D eigenvalue weighted by Gasteiger charge is -2.31. The second-order valence-electron chi connectivity index (χ2n) is 4.58. The summed E-state index contributed by atoms with van der Waals surface area (Å²) in [6.07, 6.45) is 0.677. The number of rotatable bonds is 4. The minimum atomic E-state index is -0.690. The highest BCUT2D eigenvalue weighted by Gasteiger charge is 2.39. The summed E-state index contributed by atoms with van der Waals surface area (Å²) in [7, 11) is 0.